The SMILES string of the molecule is COc1cc(CC(c2ccc(O)cc2)c2ccc(O)cc2)ccc1O. The number of rotatable bonds is 5. The van der Waals surface area contributed by atoms with Crippen molar-refractivity contribution in [2.45, 2.75) is 12.3 Å². The molecule has 128 valence electrons. The van der Waals surface area contributed by atoms with Gasteiger partial charge in [-0.2, -0.15) is 0 Å². The molecule has 25 heavy (non-hydrogen) atoms. The predicted octanol–water partition coefficient (Wildman–Crippen LogP) is 4.19. The van der Waals surface area contributed by atoms with Crippen molar-refractivity contribution in [3.63, 3.8) is 0 Å². The van der Waals surface area contributed by atoms with E-state index in [2.05, 4.69) is 0 Å². The molecular weight excluding hydrogens is 316 g/mol. The molecule has 0 spiro atoms. The van der Waals surface area contributed by atoms with Crippen molar-refractivity contribution in [2.75, 3.05) is 7.11 Å². The second kappa shape index (κ2) is 7.18. The van der Waals surface area contributed by atoms with E-state index in [1.807, 2.05) is 36.4 Å². The minimum atomic E-state index is 0.0375. The molecule has 0 heterocycles. The Bertz CT molecular complexity index is 793. The van der Waals surface area contributed by atoms with Gasteiger partial charge < -0.3 is 20.1 Å². The maximum Gasteiger partial charge on any atom is 0.160 e. The summed E-state index contributed by atoms with van der Waals surface area (Å²) in [6.45, 7) is 0. The summed E-state index contributed by atoms with van der Waals surface area (Å²) in [7, 11) is 1.52. The van der Waals surface area contributed by atoms with E-state index in [1.54, 1.807) is 30.3 Å². The molecule has 0 aliphatic carbocycles. The van der Waals surface area contributed by atoms with Gasteiger partial charge in [-0.3, -0.25) is 0 Å². The van der Waals surface area contributed by atoms with Gasteiger partial charge in [0.15, 0.2) is 11.5 Å². The van der Waals surface area contributed by atoms with E-state index in [0.29, 0.717) is 12.2 Å². The van der Waals surface area contributed by atoms with Crippen molar-refractivity contribution in [3.05, 3.63) is 83.4 Å². The summed E-state index contributed by atoms with van der Waals surface area (Å²) in [5.41, 5.74) is 3.12. The molecular formula is C21H20O4. The van der Waals surface area contributed by atoms with Gasteiger partial charge >= 0.3 is 0 Å². The van der Waals surface area contributed by atoms with Crippen LogP contribution in [0.15, 0.2) is 66.7 Å². The van der Waals surface area contributed by atoms with E-state index in [4.69, 9.17) is 4.74 Å². The van der Waals surface area contributed by atoms with Gasteiger partial charge in [-0.15, -0.1) is 0 Å². The number of phenols is 3. The van der Waals surface area contributed by atoms with Crippen LogP contribution in [0, 0.1) is 0 Å². The molecule has 0 saturated carbocycles. The molecule has 4 nitrogen and oxygen atoms in total. The molecule has 4 heteroatoms. The van der Waals surface area contributed by atoms with E-state index < -0.39 is 0 Å². The number of benzene rings is 3. The summed E-state index contributed by atoms with van der Waals surface area (Å²) < 4.78 is 5.19. The van der Waals surface area contributed by atoms with Crippen molar-refractivity contribution in [2.24, 2.45) is 0 Å². The molecule has 3 aromatic rings. The van der Waals surface area contributed by atoms with Gasteiger partial charge in [0.1, 0.15) is 11.5 Å². The smallest absolute Gasteiger partial charge is 0.160 e. The van der Waals surface area contributed by atoms with E-state index in [0.717, 1.165) is 16.7 Å². The van der Waals surface area contributed by atoms with Crippen LogP contribution in [0.4, 0.5) is 0 Å². The molecule has 0 bridgehead atoms. The average molecular weight is 336 g/mol. The number of ether oxygens (including phenoxy) is 1. The van der Waals surface area contributed by atoms with E-state index in [-0.39, 0.29) is 23.2 Å². The summed E-state index contributed by atoms with van der Waals surface area (Å²) in [4.78, 5) is 0. The first-order chi connectivity index (χ1) is 12.1. The lowest BCUT2D eigenvalue weighted by atomic mass is 9.86. The minimum absolute atomic E-state index is 0.0375. The van der Waals surface area contributed by atoms with Crippen LogP contribution in [0.1, 0.15) is 22.6 Å². The van der Waals surface area contributed by atoms with Crippen LogP contribution in [0.25, 0.3) is 0 Å². The van der Waals surface area contributed by atoms with Crippen molar-refractivity contribution < 1.29 is 20.1 Å². The lowest BCUT2D eigenvalue weighted by molar-refractivity contribution is 0.373. The first kappa shape index (κ1) is 16.7. The normalized spacial score (nSPS) is 10.8. The summed E-state index contributed by atoms with van der Waals surface area (Å²) in [5.74, 6) is 1.03. The Labute approximate surface area is 146 Å². The highest BCUT2D eigenvalue weighted by Gasteiger charge is 2.16. The number of aromatic hydroxyl groups is 3. The minimum Gasteiger partial charge on any atom is -0.508 e. The zero-order valence-electron chi connectivity index (χ0n) is 13.9. The summed E-state index contributed by atoms with van der Waals surface area (Å²) in [6.07, 6.45) is 0.687. The standard InChI is InChI=1S/C21H20O4/c1-25-21-13-14(2-11-20(21)24)12-19(15-3-7-17(22)8-4-15)16-5-9-18(23)10-6-16/h2-11,13,19,22-24H,12H2,1H3. The van der Waals surface area contributed by atoms with E-state index >= 15 is 0 Å². The fourth-order valence-corrected chi connectivity index (χ4v) is 2.93. The summed E-state index contributed by atoms with van der Waals surface area (Å²) in [6, 6.07) is 19.6. The van der Waals surface area contributed by atoms with Gasteiger partial charge in [0.25, 0.3) is 0 Å². The van der Waals surface area contributed by atoms with Crippen molar-refractivity contribution in [3.8, 4) is 23.0 Å². The molecule has 3 N–H and O–H groups in total. The van der Waals surface area contributed by atoms with Crippen LogP contribution in [0.3, 0.4) is 0 Å². The monoisotopic (exact) mass is 336 g/mol. The van der Waals surface area contributed by atoms with Gasteiger partial charge in [0.05, 0.1) is 7.11 Å². The third-order valence-electron chi connectivity index (χ3n) is 4.27. The predicted molar refractivity (Wildman–Crippen MR) is 96.4 cm³/mol. The molecule has 3 aromatic carbocycles. The van der Waals surface area contributed by atoms with Crippen LogP contribution in [0.5, 0.6) is 23.0 Å². The number of hydrogen-bond donors (Lipinski definition) is 3. The van der Waals surface area contributed by atoms with Gasteiger partial charge in [0.2, 0.25) is 0 Å². The van der Waals surface area contributed by atoms with Crippen molar-refractivity contribution >= 4 is 0 Å². The van der Waals surface area contributed by atoms with E-state index in [9.17, 15) is 15.3 Å². The van der Waals surface area contributed by atoms with E-state index in [1.165, 1.54) is 7.11 Å². The Morgan fingerprint density at radius 2 is 1.28 bits per heavy atom. The third kappa shape index (κ3) is 3.86. The second-order valence-electron chi connectivity index (χ2n) is 5.95. The zero-order chi connectivity index (χ0) is 17.8. The summed E-state index contributed by atoms with van der Waals surface area (Å²) >= 11 is 0. The third-order valence-corrected chi connectivity index (χ3v) is 4.27. The summed E-state index contributed by atoms with van der Waals surface area (Å²) in [5, 5.41) is 28.9. The van der Waals surface area contributed by atoms with Crippen molar-refractivity contribution in [1.82, 2.24) is 0 Å². The fourth-order valence-electron chi connectivity index (χ4n) is 2.93. The quantitative estimate of drug-likeness (QED) is 0.653. The number of phenolic OH excluding ortho intramolecular Hbond substituents is 3. The van der Waals surface area contributed by atoms with Crippen LogP contribution in [-0.4, -0.2) is 22.4 Å². The Balaban J connectivity index is 1.99. The van der Waals surface area contributed by atoms with Crippen LogP contribution in [-0.2, 0) is 6.42 Å². The highest BCUT2D eigenvalue weighted by Crippen LogP contribution is 2.33. The van der Waals surface area contributed by atoms with Gasteiger partial charge in [0, 0.05) is 5.92 Å². The van der Waals surface area contributed by atoms with Gasteiger partial charge in [-0.25, -0.2) is 0 Å². The highest BCUT2D eigenvalue weighted by molar-refractivity contribution is 5.44. The number of hydrogen-bond acceptors (Lipinski definition) is 4. The molecule has 0 aromatic heterocycles. The van der Waals surface area contributed by atoms with Crippen LogP contribution < -0.4 is 4.74 Å². The molecule has 0 radical (unpaired) electrons. The van der Waals surface area contributed by atoms with Gasteiger partial charge in [-0.1, -0.05) is 30.3 Å². The highest BCUT2D eigenvalue weighted by atomic mass is 16.5. The molecule has 0 aliphatic rings. The molecule has 0 unspecified atom stereocenters. The molecule has 0 atom stereocenters. The fraction of sp³-hybridized carbons (Fsp3) is 0.143. The second-order valence-corrected chi connectivity index (χ2v) is 5.95. The molecule has 0 amide bonds. The first-order valence-corrected chi connectivity index (χ1v) is 8.00. The Morgan fingerprint density at radius 3 is 1.76 bits per heavy atom. The van der Waals surface area contributed by atoms with Crippen LogP contribution >= 0.6 is 0 Å². The van der Waals surface area contributed by atoms with Crippen molar-refractivity contribution in [1.29, 1.82) is 0 Å². The maximum absolute atomic E-state index is 9.78. The zero-order valence-corrected chi connectivity index (χ0v) is 13.9. The molecule has 3 rings (SSSR count). The Hall–Kier alpha value is -3.14. The average Bonchev–Trinajstić information content (AvgIpc) is 2.63. The lowest BCUT2D eigenvalue weighted by Crippen LogP contribution is -2.05. The number of methoxy groups -OCH3 is 1. The van der Waals surface area contributed by atoms with Crippen LogP contribution in [0.2, 0.25) is 0 Å². The Kier molecular flexibility index (Phi) is 4.80. The Morgan fingerprint density at radius 1 is 0.760 bits per heavy atom. The maximum atomic E-state index is 9.78. The molecule has 0 saturated heterocycles. The topological polar surface area (TPSA) is 69.9 Å². The molecule has 0 aliphatic heterocycles. The molecule has 0 fully saturated rings. The lowest BCUT2D eigenvalue weighted by Gasteiger charge is -2.19. The largest absolute Gasteiger partial charge is 0.508 e. The van der Waals surface area contributed by atoms with Gasteiger partial charge in [-0.05, 0) is 59.5 Å². The first-order valence-electron chi connectivity index (χ1n) is 8.00.